The molecule has 0 unspecified atom stereocenters. The number of anilines is 2. The van der Waals surface area contributed by atoms with E-state index >= 15 is 0 Å². The van der Waals surface area contributed by atoms with Crippen molar-refractivity contribution in [2.75, 3.05) is 10.5 Å². The van der Waals surface area contributed by atoms with Gasteiger partial charge >= 0.3 is 0 Å². The van der Waals surface area contributed by atoms with Gasteiger partial charge < -0.3 is 5.73 Å². The number of rotatable bonds is 3. The summed E-state index contributed by atoms with van der Waals surface area (Å²) in [5, 5.41) is 0.0920. The maximum absolute atomic E-state index is 12.4. The number of halogens is 1. The number of pyridine rings is 1. The average Bonchev–Trinajstić information content (AvgIpc) is 2.36. The van der Waals surface area contributed by atoms with Crippen LogP contribution in [0.3, 0.4) is 0 Å². The number of nitrogens with two attached hydrogens (primary N) is 1. The summed E-state index contributed by atoms with van der Waals surface area (Å²) in [6, 6.07) is 6.29. The lowest BCUT2D eigenvalue weighted by Gasteiger charge is -2.13. The van der Waals surface area contributed by atoms with Gasteiger partial charge in [-0.3, -0.25) is 4.72 Å². The van der Waals surface area contributed by atoms with Gasteiger partial charge in [0.05, 0.1) is 10.6 Å². The predicted octanol–water partition coefficient (Wildman–Crippen LogP) is 2.73. The molecular weight excluding hydrogens is 298 g/mol. The standard InChI is InChI=1S/C13H14ClN3O2S/c1-8-6-10(15)7-12(9(8)2)20(18,19)17-11-4-3-5-16-13(11)14/h3-7,17H,15H2,1-2H3. The summed E-state index contributed by atoms with van der Waals surface area (Å²) in [4.78, 5) is 3.96. The highest BCUT2D eigenvalue weighted by atomic mass is 35.5. The molecule has 1 heterocycles. The van der Waals surface area contributed by atoms with Gasteiger partial charge in [-0.2, -0.15) is 0 Å². The van der Waals surface area contributed by atoms with Crippen molar-refractivity contribution in [2.24, 2.45) is 0 Å². The molecule has 0 saturated carbocycles. The van der Waals surface area contributed by atoms with E-state index in [1.165, 1.54) is 12.3 Å². The third-order valence-corrected chi connectivity index (χ3v) is 4.73. The molecule has 0 aliphatic rings. The van der Waals surface area contributed by atoms with E-state index in [1.54, 1.807) is 25.1 Å². The van der Waals surface area contributed by atoms with E-state index in [-0.39, 0.29) is 15.7 Å². The maximum atomic E-state index is 12.4. The van der Waals surface area contributed by atoms with Crippen LogP contribution in [0.25, 0.3) is 0 Å². The molecule has 20 heavy (non-hydrogen) atoms. The van der Waals surface area contributed by atoms with Crippen LogP contribution in [0.1, 0.15) is 11.1 Å². The van der Waals surface area contributed by atoms with E-state index in [0.29, 0.717) is 11.3 Å². The quantitative estimate of drug-likeness (QED) is 0.674. The van der Waals surface area contributed by atoms with Gasteiger partial charge in [-0.15, -0.1) is 0 Å². The number of hydrogen-bond acceptors (Lipinski definition) is 4. The summed E-state index contributed by atoms with van der Waals surface area (Å²) >= 11 is 5.86. The van der Waals surface area contributed by atoms with Gasteiger partial charge in [-0.25, -0.2) is 13.4 Å². The summed E-state index contributed by atoms with van der Waals surface area (Å²) in [6.45, 7) is 3.54. The maximum Gasteiger partial charge on any atom is 0.262 e. The normalized spacial score (nSPS) is 11.3. The number of aromatic nitrogens is 1. The first-order valence-corrected chi connectivity index (χ1v) is 7.67. The zero-order valence-electron chi connectivity index (χ0n) is 11.0. The van der Waals surface area contributed by atoms with Crippen LogP contribution in [0.4, 0.5) is 11.4 Å². The number of nitrogen functional groups attached to an aromatic ring is 1. The fraction of sp³-hybridized carbons (Fsp3) is 0.154. The molecule has 0 aliphatic carbocycles. The largest absolute Gasteiger partial charge is 0.399 e. The number of sulfonamides is 1. The number of benzene rings is 1. The molecule has 0 saturated heterocycles. The van der Waals surface area contributed by atoms with E-state index in [1.807, 2.05) is 6.92 Å². The lowest BCUT2D eigenvalue weighted by molar-refractivity contribution is 0.600. The first kappa shape index (κ1) is 14.6. The molecule has 0 atom stereocenters. The van der Waals surface area contributed by atoms with E-state index in [0.717, 1.165) is 5.56 Å². The van der Waals surface area contributed by atoms with E-state index in [2.05, 4.69) is 9.71 Å². The molecule has 0 amide bonds. The van der Waals surface area contributed by atoms with Crippen LogP contribution < -0.4 is 10.5 Å². The summed E-state index contributed by atoms with van der Waals surface area (Å²) in [5.74, 6) is 0. The molecular formula is C13H14ClN3O2S. The molecule has 106 valence electrons. The van der Waals surface area contributed by atoms with Gasteiger partial charge in [0.2, 0.25) is 0 Å². The number of nitrogens with one attached hydrogen (secondary N) is 1. The minimum atomic E-state index is -3.77. The Balaban J connectivity index is 2.49. The predicted molar refractivity (Wildman–Crippen MR) is 80.4 cm³/mol. The van der Waals surface area contributed by atoms with E-state index in [9.17, 15) is 8.42 Å². The van der Waals surface area contributed by atoms with Crippen LogP contribution in [0.5, 0.6) is 0 Å². The van der Waals surface area contributed by atoms with Gasteiger partial charge in [0.1, 0.15) is 0 Å². The second-order valence-corrected chi connectivity index (χ2v) is 6.42. The fourth-order valence-electron chi connectivity index (χ4n) is 1.79. The minimum absolute atomic E-state index is 0.0920. The molecule has 0 fully saturated rings. The van der Waals surface area contributed by atoms with Crippen molar-refractivity contribution < 1.29 is 8.42 Å². The molecule has 7 heteroatoms. The molecule has 5 nitrogen and oxygen atoms in total. The monoisotopic (exact) mass is 311 g/mol. The molecule has 1 aromatic carbocycles. The number of aryl methyl sites for hydroxylation is 1. The Labute approximate surface area is 122 Å². The smallest absolute Gasteiger partial charge is 0.262 e. The van der Waals surface area contributed by atoms with Crippen LogP contribution in [0.15, 0.2) is 35.4 Å². The number of nitrogens with zero attached hydrogens (tertiary/aromatic N) is 1. The molecule has 2 aromatic rings. The van der Waals surface area contributed by atoms with Crippen molar-refractivity contribution in [2.45, 2.75) is 18.7 Å². The molecule has 3 N–H and O–H groups in total. The van der Waals surface area contributed by atoms with Crippen LogP contribution in [0.2, 0.25) is 5.15 Å². The Kier molecular flexibility index (Phi) is 3.87. The zero-order valence-corrected chi connectivity index (χ0v) is 12.6. The lowest BCUT2D eigenvalue weighted by atomic mass is 10.1. The highest BCUT2D eigenvalue weighted by Gasteiger charge is 2.20. The first-order chi connectivity index (χ1) is 9.31. The van der Waals surface area contributed by atoms with Crippen molar-refractivity contribution in [3.05, 3.63) is 46.7 Å². The highest BCUT2D eigenvalue weighted by molar-refractivity contribution is 7.92. The summed E-state index contributed by atoms with van der Waals surface area (Å²) in [6.07, 6.45) is 1.48. The Morgan fingerprint density at radius 2 is 2.00 bits per heavy atom. The molecule has 2 rings (SSSR count). The van der Waals surface area contributed by atoms with E-state index in [4.69, 9.17) is 17.3 Å². The van der Waals surface area contributed by atoms with Gasteiger partial charge in [-0.1, -0.05) is 11.6 Å². The van der Waals surface area contributed by atoms with Gasteiger partial charge in [0, 0.05) is 11.9 Å². The van der Waals surface area contributed by atoms with Crippen molar-refractivity contribution in [1.29, 1.82) is 0 Å². The van der Waals surface area contributed by atoms with Gasteiger partial charge in [0.15, 0.2) is 5.15 Å². The molecule has 0 bridgehead atoms. The topological polar surface area (TPSA) is 85.1 Å². The van der Waals surface area contributed by atoms with Crippen molar-refractivity contribution >= 4 is 33.0 Å². The van der Waals surface area contributed by atoms with Crippen LogP contribution >= 0.6 is 11.6 Å². The molecule has 1 aromatic heterocycles. The third kappa shape index (κ3) is 2.86. The molecule has 0 radical (unpaired) electrons. The van der Waals surface area contributed by atoms with Crippen molar-refractivity contribution in [3.8, 4) is 0 Å². The van der Waals surface area contributed by atoms with Gasteiger partial charge in [0.25, 0.3) is 10.0 Å². The summed E-state index contributed by atoms with van der Waals surface area (Å²) in [5.41, 5.74) is 7.80. The second kappa shape index (κ2) is 5.30. The Morgan fingerprint density at radius 1 is 1.30 bits per heavy atom. The lowest BCUT2D eigenvalue weighted by Crippen LogP contribution is -2.15. The SMILES string of the molecule is Cc1cc(N)cc(S(=O)(=O)Nc2cccnc2Cl)c1C. The molecule has 0 aliphatic heterocycles. The summed E-state index contributed by atoms with van der Waals surface area (Å²) in [7, 11) is -3.77. The molecule has 0 spiro atoms. The number of hydrogen-bond donors (Lipinski definition) is 2. The van der Waals surface area contributed by atoms with Crippen LogP contribution in [0, 0.1) is 13.8 Å². The second-order valence-electron chi connectivity index (χ2n) is 4.41. The Hall–Kier alpha value is -1.79. The van der Waals surface area contributed by atoms with Crippen molar-refractivity contribution in [3.63, 3.8) is 0 Å². The minimum Gasteiger partial charge on any atom is -0.399 e. The Morgan fingerprint density at radius 3 is 2.65 bits per heavy atom. The van der Waals surface area contributed by atoms with Crippen molar-refractivity contribution in [1.82, 2.24) is 4.98 Å². The zero-order chi connectivity index (χ0) is 14.9. The van der Waals surface area contributed by atoms with Crippen LogP contribution in [-0.4, -0.2) is 13.4 Å². The van der Waals surface area contributed by atoms with E-state index < -0.39 is 10.0 Å². The highest BCUT2D eigenvalue weighted by Crippen LogP contribution is 2.26. The fourth-order valence-corrected chi connectivity index (χ4v) is 3.44. The van der Waals surface area contributed by atoms with Gasteiger partial charge in [-0.05, 0) is 49.2 Å². The first-order valence-electron chi connectivity index (χ1n) is 5.81. The van der Waals surface area contributed by atoms with Crippen LogP contribution in [-0.2, 0) is 10.0 Å². The Bertz CT molecular complexity index is 760. The third-order valence-electron chi connectivity index (χ3n) is 2.93. The average molecular weight is 312 g/mol. The summed E-state index contributed by atoms with van der Waals surface area (Å²) < 4.78 is 27.3.